The average Bonchev–Trinajstić information content (AvgIpc) is 0.898. The molecule has 0 saturated heterocycles. The van der Waals surface area contributed by atoms with Crippen molar-refractivity contribution in [3.05, 3.63) is 0 Å². The second-order valence-electron chi connectivity index (χ2n) is 32.5. The van der Waals surface area contributed by atoms with Gasteiger partial charge >= 0.3 is 39.5 Å². The van der Waals surface area contributed by atoms with Crippen LogP contribution in [-0.2, 0) is 65.4 Å². The molecule has 0 aliphatic rings. The predicted molar refractivity (Wildman–Crippen MR) is 437 cm³/mol. The number of carbonyl (C=O) groups excluding carboxylic acids is 4. The minimum absolute atomic E-state index is 0.107. The van der Waals surface area contributed by atoms with E-state index in [0.717, 1.165) is 108 Å². The van der Waals surface area contributed by atoms with E-state index >= 15 is 0 Å². The van der Waals surface area contributed by atoms with E-state index < -0.39 is 97.5 Å². The van der Waals surface area contributed by atoms with Gasteiger partial charge in [0, 0.05) is 25.7 Å². The third kappa shape index (κ3) is 78.7. The van der Waals surface area contributed by atoms with Crippen LogP contribution in [0.15, 0.2) is 0 Å². The van der Waals surface area contributed by atoms with Crippen LogP contribution in [0, 0.1) is 17.8 Å². The van der Waals surface area contributed by atoms with Crippen LogP contribution in [0.4, 0.5) is 0 Å². The number of aliphatic hydroxyl groups excluding tert-OH is 1. The fraction of sp³-hybridized carbons (Fsp3) is 0.954. The lowest BCUT2D eigenvalue weighted by atomic mass is 9.99. The highest BCUT2D eigenvalue weighted by Crippen LogP contribution is 2.45. The number of rotatable bonds is 85. The molecule has 0 bridgehead atoms. The molecule has 0 aliphatic heterocycles. The summed E-state index contributed by atoms with van der Waals surface area (Å²) in [5.41, 5.74) is 0. The van der Waals surface area contributed by atoms with E-state index in [1.807, 2.05) is 0 Å². The topological polar surface area (TPSA) is 237 Å². The Morgan fingerprint density at radius 3 is 0.717 bits per heavy atom. The maximum Gasteiger partial charge on any atom is 0.472 e. The normalized spacial score (nSPS) is 14.1. The summed E-state index contributed by atoms with van der Waals surface area (Å²) in [4.78, 5) is 73.2. The highest BCUT2D eigenvalue weighted by atomic mass is 31.2. The Labute approximate surface area is 651 Å². The van der Waals surface area contributed by atoms with E-state index in [4.69, 9.17) is 37.0 Å². The molecular formula is C87H170O17P2. The number of phosphoric acid groups is 2. The highest BCUT2D eigenvalue weighted by molar-refractivity contribution is 7.47. The smallest absolute Gasteiger partial charge is 0.462 e. The largest absolute Gasteiger partial charge is 0.472 e. The molecule has 17 nitrogen and oxygen atoms in total. The van der Waals surface area contributed by atoms with Gasteiger partial charge in [-0.2, -0.15) is 0 Å². The lowest BCUT2D eigenvalue weighted by molar-refractivity contribution is -0.161. The van der Waals surface area contributed by atoms with Crippen molar-refractivity contribution < 1.29 is 80.2 Å². The van der Waals surface area contributed by atoms with Crippen LogP contribution in [0.25, 0.3) is 0 Å². The monoisotopic (exact) mass is 1550 g/mol. The Bertz CT molecular complexity index is 2050. The predicted octanol–water partition coefficient (Wildman–Crippen LogP) is 26.5. The van der Waals surface area contributed by atoms with Gasteiger partial charge in [-0.05, 0) is 43.4 Å². The molecule has 0 amide bonds. The lowest BCUT2D eigenvalue weighted by Crippen LogP contribution is -2.30. The standard InChI is InChI=1S/C87H170O17P2/c1-8-10-11-12-13-14-15-16-29-35-40-49-56-63-70-86(91)104-83(75-98-85(90)69-62-55-48-43-42-45-52-59-66-79(5)6)77-102-106(95,96)100-73-81(88)72-99-105(93,94)101-76-82(74-97-84(89)68-61-54-47-39-34-30-25-22-21-23-27-32-37-44-51-58-65-78(3)4)103-87(92)71-64-57-50-41-36-31-26-20-18-17-19-24-28-33-38-46-53-60-67-80(7)9-2/h78-83,88H,8-77H2,1-7H3,(H,93,94)(H,95,96)/t80?,81-,82-,83-/m1/s1. The van der Waals surface area contributed by atoms with E-state index in [0.29, 0.717) is 25.7 Å². The summed E-state index contributed by atoms with van der Waals surface area (Å²) >= 11 is 0. The van der Waals surface area contributed by atoms with Gasteiger partial charge in [0.05, 0.1) is 26.4 Å². The molecule has 0 aliphatic carbocycles. The van der Waals surface area contributed by atoms with Gasteiger partial charge in [0.25, 0.3) is 0 Å². The Balaban J connectivity index is 5.23. The molecule has 106 heavy (non-hydrogen) atoms. The summed E-state index contributed by atoms with van der Waals surface area (Å²) in [6, 6.07) is 0. The van der Waals surface area contributed by atoms with Crippen LogP contribution >= 0.6 is 15.6 Å². The first-order valence-electron chi connectivity index (χ1n) is 44.9. The van der Waals surface area contributed by atoms with Crippen molar-refractivity contribution in [1.82, 2.24) is 0 Å². The quantitative estimate of drug-likeness (QED) is 0.0222. The zero-order chi connectivity index (χ0) is 77.9. The van der Waals surface area contributed by atoms with Crippen LogP contribution in [0.3, 0.4) is 0 Å². The molecule has 0 aromatic heterocycles. The number of aliphatic hydroxyl groups is 1. The fourth-order valence-corrected chi connectivity index (χ4v) is 15.1. The van der Waals surface area contributed by atoms with Crippen molar-refractivity contribution in [3.63, 3.8) is 0 Å². The van der Waals surface area contributed by atoms with Gasteiger partial charge in [-0.1, -0.05) is 408 Å². The molecule has 3 N–H and O–H groups in total. The first-order valence-corrected chi connectivity index (χ1v) is 47.9. The Morgan fingerprint density at radius 2 is 0.481 bits per heavy atom. The third-order valence-electron chi connectivity index (χ3n) is 20.7. The van der Waals surface area contributed by atoms with Crippen LogP contribution in [-0.4, -0.2) is 96.7 Å². The van der Waals surface area contributed by atoms with Crippen molar-refractivity contribution in [1.29, 1.82) is 0 Å². The molecule has 0 aromatic carbocycles. The number of esters is 4. The van der Waals surface area contributed by atoms with Crippen molar-refractivity contribution in [2.75, 3.05) is 39.6 Å². The first-order chi connectivity index (χ1) is 51.3. The summed E-state index contributed by atoms with van der Waals surface area (Å²) < 4.78 is 68.9. The summed E-state index contributed by atoms with van der Waals surface area (Å²) in [6.07, 6.45) is 68.0. The Morgan fingerprint density at radius 1 is 0.274 bits per heavy atom. The summed E-state index contributed by atoms with van der Waals surface area (Å²) in [5, 5.41) is 10.7. The lowest BCUT2D eigenvalue weighted by Gasteiger charge is -2.21. The van der Waals surface area contributed by atoms with Crippen LogP contribution in [0.1, 0.15) is 459 Å². The molecule has 0 radical (unpaired) electrons. The molecular weight excluding hydrogens is 1380 g/mol. The molecule has 3 unspecified atom stereocenters. The summed E-state index contributed by atoms with van der Waals surface area (Å²) in [7, 11) is -9.93. The zero-order valence-corrected chi connectivity index (χ0v) is 71.7. The molecule has 0 heterocycles. The fourth-order valence-electron chi connectivity index (χ4n) is 13.5. The van der Waals surface area contributed by atoms with Crippen molar-refractivity contribution in [2.24, 2.45) is 17.8 Å². The second kappa shape index (κ2) is 77.0. The number of unbranched alkanes of at least 4 members (excludes halogenated alkanes) is 52. The number of hydrogen-bond acceptors (Lipinski definition) is 15. The number of ether oxygens (including phenoxy) is 4. The number of carbonyl (C=O) groups is 4. The molecule has 6 atom stereocenters. The van der Waals surface area contributed by atoms with Gasteiger partial charge < -0.3 is 33.8 Å². The summed E-state index contributed by atoms with van der Waals surface area (Å²) in [5.74, 6) is 0.307. The van der Waals surface area contributed by atoms with E-state index in [1.165, 1.54) is 270 Å². The Kier molecular flexibility index (Phi) is 75.6. The minimum Gasteiger partial charge on any atom is -0.462 e. The first kappa shape index (κ1) is 104. The van der Waals surface area contributed by atoms with Gasteiger partial charge in [0.15, 0.2) is 12.2 Å². The van der Waals surface area contributed by atoms with Crippen LogP contribution in [0.2, 0.25) is 0 Å². The minimum atomic E-state index is -4.97. The molecule has 19 heteroatoms. The number of phosphoric ester groups is 2. The average molecular weight is 1550 g/mol. The second-order valence-corrected chi connectivity index (χ2v) is 35.4. The maximum absolute atomic E-state index is 13.2. The van der Waals surface area contributed by atoms with Gasteiger partial charge in [-0.3, -0.25) is 37.3 Å². The maximum atomic E-state index is 13.2. The highest BCUT2D eigenvalue weighted by Gasteiger charge is 2.31. The summed E-state index contributed by atoms with van der Waals surface area (Å²) in [6.45, 7) is 12.0. The third-order valence-corrected chi connectivity index (χ3v) is 22.6. The van der Waals surface area contributed by atoms with Crippen LogP contribution in [0.5, 0.6) is 0 Å². The van der Waals surface area contributed by atoms with E-state index in [9.17, 15) is 43.2 Å². The molecule has 0 spiro atoms. The van der Waals surface area contributed by atoms with Gasteiger partial charge in [0.2, 0.25) is 0 Å². The molecule has 0 rings (SSSR count). The van der Waals surface area contributed by atoms with Crippen molar-refractivity contribution >= 4 is 39.5 Å². The van der Waals surface area contributed by atoms with Crippen molar-refractivity contribution in [3.8, 4) is 0 Å². The number of hydrogen-bond donors (Lipinski definition) is 3. The van der Waals surface area contributed by atoms with E-state index in [2.05, 4.69) is 48.5 Å². The molecule has 0 fully saturated rings. The molecule has 0 saturated carbocycles. The van der Waals surface area contributed by atoms with Gasteiger partial charge in [0.1, 0.15) is 19.3 Å². The van der Waals surface area contributed by atoms with Gasteiger partial charge in [-0.15, -0.1) is 0 Å². The molecule has 0 aromatic rings. The SMILES string of the molecule is CCCCCCCCCCCCCCCCC(=O)O[C@H](COC(=O)CCCCCCCCCCC(C)C)COP(=O)(O)OC[C@H](O)COP(=O)(O)OC[C@@H](COC(=O)CCCCCCCCCCCCCCCCCCC(C)C)OC(=O)CCCCCCCCCCCCCCCCCCCCC(C)CC. The van der Waals surface area contributed by atoms with E-state index in [-0.39, 0.29) is 25.7 Å². The molecule has 630 valence electrons. The Hall–Kier alpha value is -1.94. The van der Waals surface area contributed by atoms with E-state index in [1.54, 1.807) is 0 Å². The van der Waals surface area contributed by atoms with Crippen molar-refractivity contribution in [2.45, 2.75) is 478 Å². The van der Waals surface area contributed by atoms with Crippen LogP contribution < -0.4 is 0 Å². The van der Waals surface area contributed by atoms with Gasteiger partial charge in [-0.25, -0.2) is 9.13 Å². The zero-order valence-electron chi connectivity index (χ0n) is 69.9.